The fraction of sp³-hybridized carbons (Fsp3) is 0.700. The van der Waals surface area contributed by atoms with Crippen LogP contribution in [0.1, 0.15) is 46.0 Å². The molecule has 0 aromatic carbocycles. The number of nitrogens with one attached hydrogen (secondary N) is 3. The van der Waals surface area contributed by atoms with E-state index in [2.05, 4.69) is 16.0 Å². The third-order valence-corrected chi connectivity index (χ3v) is 5.78. The zero-order chi connectivity index (χ0) is 26.4. The number of hydrogen-bond donors (Lipinski definition) is 7. The topological polar surface area (TPSA) is 237 Å². The van der Waals surface area contributed by atoms with E-state index in [0.29, 0.717) is 12.2 Å². The van der Waals surface area contributed by atoms with Crippen LogP contribution in [0, 0.1) is 5.92 Å². The van der Waals surface area contributed by atoms with Crippen molar-refractivity contribution < 1.29 is 33.9 Å². The molecule has 0 saturated heterocycles. The number of amides is 5. The van der Waals surface area contributed by atoms with Gasteiger partial charge in [-0.3, -0.25) is 24.0 Å². The Bertz CT molecular complexity index is 751. The van der Waals surface area contributed by atoms with E-state index >= 15 is 0 Å². The molecule has 0 aliphatic heterocycles. The maximum atomic E-state index is 12.9. The molecule has 0 aliphatic carbocycles. The largest absolute Gasteiger partial charge is 0.480 e. The first kappa shape index (κ1) is 31.1. The Kier molecular flexibility index (Phi) is 14.5. The first-order valence-electron chi connectivity index (χ1n) is 10.8. The standard InChI is InChI=1S/C20H36N6O7S/c1-4-10(2)16(23)19(31)25-11(5-6-14(21)27)17(29)24-12(7-8-34-3)18(30)26-13(20(32)33)9-15(22)28/h10-13,16H,4-9,23H2,1-3H3,(H2,21,27)(H2,22,28)(H,24,29)(H,25,31)(H,26,30)(H,32,33). The number of carboxylic acid groups (broad SMARTS) is 1. The maximum absolute atomic E-state index is 12.9. The van der Waals surface area contributed by atoms with Gasteiger partial charge in [0.05, 0.1) is 12.5 Å². The van der Waals surface area contributed by atoms with Crippen molar-refractivity contribution in [3.63, 3.8) is 0 Å². The number of rotatable bonds is 17. The summed E-state index contributed by atoms with van der Waals surface area (Å²) in [5.74, 6) is -5.03. The van der Waals surface area contributed by atoms with Gasteiger partial charge in [0.15, 0.2) is 0 Å². The average Bonchev–Trinajstić information content (AvgIpc) is 2.76. The summed E-state index contributed by atoms with van der Waals surface area (Å²) in [6.45, 7) is 3.63. The highest BCUT2D eigenvalue weighted by Crippen LogP contribution is 2.08. The number of carbonyl (C=O) groups excluding carboxylic acids is 5. The first-order chi connectivity index (χ1) is 15.8. The van der Waals surface area contributed by atoms with Crippen molar-refractivity contribution in [1.29, 1.82) is 0 Å². The lowest BCUT2D eigenvalue weighted by molar-refractivity contribution is -0.143. The summed E-state index contributed by atoms with van der Waals surface area (Å²) in [6.07, 6.45) is 1.56. The average molecular weight is 505 g/mol. The molecule has 0 radical (unpaired) electrons. The Balaban J connectivity index is 5.58. The van der Waals surface area contributed by atoms with E-state index in [9.17, 15) is 33.9 Å². The third kappa shape index (κ3) is 11.8. The fourth-order valence-corrected chi connectivity index (χ4v) is 3.26. The normalized spacial score (nSPS) is 15.2. The lowest BCUT2D eigenvalue weighted by Gasteiger charge is -2.26. The van der Waals surface area contributed by atoms with E-state index in [1.54, 1.807) is 13.2 Å². The van der Waals surface area contributed by atoms with E-state index in [0.717, 1.165) is 0 Å². The quantitative estimate of drug-likeness (QED) is 0.113. The predicted molar refractivity (Wildman–Crippen MR) is 126 cm³/mol. The summed E-state index contributed by atoms with van der Waals surface area (Å²) in [5, 5.41) is 16.4. The van der Waals surface area contributed by atoms with Crippen molar-refractivity contribution in [3.8, 4) is 0 Å². The minimum atomic E-state index is -1.57. The maximum Gasteiger partial charge on any atom is 0.326 e. The van der Waals surface area contributed by atoms with Crippen LogP contribution in [-0.2, 0) is 28.8 Å². The number of carboxylic acids is 1. The van der Waals surface area contributed by atoms with Crippen molar-refractivity contribution in [2.24, 2.45) is 23.1 Å². The minimum absolute atomic E-state index is 0.129. The number of carbonyl (C=O) groups is 6. The molecule has 5 unspecified atom stereocenters. The monoisotopic (exact) mass is 504 g/mol. The zero-order valence-corrected chi connectivity index (χ0v) is 20.5. The number of aliphatic carboxylic acids is 1. The van der Waals surface area contributed by atoms with Gasteiger partial charge in [0, 0.05) is 6.42 Å². The van der Waals surface area contributed by atoms with Crippen LogP contribution in [0.2, 0.25) is 0 Å². The van der Waals surface area contributed by atoms with Crippen molar-refractivity contribution >= 4 is 47.3 Å². The molecular formula is C20H36N6O7S. The van der Waals surface area contributed by atoms with Crippen LogP contribution in [0.4, 0.5) is 0 Å². The van der Waals surface area contributed by atoms with Crippen LogP contribution in [0.25, 0.3) is 0 Å². The lowest BCUT2D eigenvalue weighted by Crippen LogP contribution is -2.58. The summed E-state index contributed by atoms with van der Waals surface area (Å²) in [4.78, 5) is 71.8. The molecule has 0 aromatic heterocycles. The number of nitrogens with two attached hydrogens (primary N) is 3. The highest BCUT2D eigenvalue weighted by Gasteiger charge is 2.31. The van der Waals surface area contributed by atoms with Crippen LogP contribution in [-0.4, -0.2) is 76.8 Å². The second kappa shape index (κ2) is 15.9. The molecule has 0 bridgehead atoms. The van der Waals surface area contributed by atoms with Gasteiger partial charge in [-0.05, 0) is 30.8 Å². The Hall–Kier alpha value is -2.87. The van der Waals surface area contributed by atoms with Gasteiger partial charge in [-0.25, -0.2) is 4.79 Å². The van der Waals surface area contributed by atoms with E-state index in [1.807, 2.05) is 6.92 Å². The predicted octanol–water partition coefficient (Wildman–Crippen LogP) is -2.21. The molecule has 5 atom stereocenters. The molecule has 0 saturated carbocycles. The van der Waals surface area contributed by atoms with Crippen LogP contribution in [0.3, 0.4) is 0 Å². The Morgan fingerprint density at radius 2 is 1.35 bits per heavy atom. The highest BCUT2D eigenvalue weighted by molar-refractivity contribution is 7.98. The third-order valence-electron chi connectivity index (χ3n) is 5.14. The minimum Gasteiger partial charge on any atom is -0.480 e. The molecule has 5 amide bonds. The second-order valence-corrected chi connectivity index (χ2v) is 8.88. The Labute approximate surface area is 202 Å². The molecule has 0 spiro atoms. The van der Waals surface area contributed by atoms with Crippen molar-refractivity contribution in [2.45, 2.75) is 70.1 Å². The molecule has 0 rings (SSSR count). The SMILES string of the molecule is CCC(C)C(N)C(=O)NC(CCC(N)=O)C(=O)NC(CCSC)C(=O)NC(CC(N)=O)C(=O)O. The molecular weight excluding hydrogens is 468 g/mol. The molecule has 10 N–H and O–H groups in total. The van der Waals surface area contributed by atoms with Crippen molar-refractivity contribution in [1.82, 2.24) is 16.0 Å². The van der Waals surface area contributed by atoms with Crippen LogP contribution >= 0.6 is 11.8 Å². The van der Waals surface area contributed by atoms with Gasteiger partial charge in [-0.15, -0.1) is 0 Å². The summed E-state index contributed by atoms with van der Waals surface area (Å²) in [5.41, 5.74) is 16.1. The van der Waals surface area contributed by atoms with E-state index < -0.39 is 66.1 Å². The van der Waals surface area contributed by atoms with Crippen molar-refractivity contribution in [3.05, 3.63) is 0 Å². The number of thioether (sulfide) groups is 1. The van der Waals surface area contributed by atoms with Gasteiger partial charge in [-0.2, -0.15) is 11.8 Å². The zero-order valence-electron chi connectivity index (χ0n) is 19.7. The number of primary amides is 2. The molecule has 0 heterocycles. The van der Waals surface area contributed by atoms with Gasteiger partial charge in [0.2, 0.25) is 29.5 Å². The lowest BCUT2D eigenvalue weighted by atomic mass is 9.98. The van der Waals surface area contributed by atoms with Crippen molar-refractivity contribution in [2.75, 3.05) is 12.0 Å². The molecule has 0 aromatic rings. The molecule has 0 fully saturated rings. The summed E-state index contributed by atoms with van der Waals surface area (Å²) in [7, 11) is 0. The second-order valence-electron chi connectivity index (χ2n) is 7.89. The first-order valence-corrected chi connectivity index (χ1v) is 12.2. The van der Waals surface area contributed by atoms with E-state index in [-0.39, 0.29) is 25.2 Å². The molecule has 0 aliphatic rings. The molecule has 34 heavy (non-hydrogen) atoms. The van der Waals surface area contributed by atoms with Crippen LogP contribution in [0.5, 0.6) is 0 Å². The summed E-state index contributed by atoms with van der Waals surface area (Å²) >= 11 is 1.38. The molecule has 14 heteroatoms. The van der Waals surface area contributed by atoms with Crippen LogP contribution < -0.4 is 33.2 Å². The fourth-order valence-electron chi connectivity index (χ4n) is 2.79. The smallest absolute Gasteiger partial charge is 0.326 e. The van der Waals surface area contributed by atoms with Gasteiger partial charge in [0.1, 0.15) is 18.1 Å². The van der Waals surface area contributed by atoms with Gasteiger partial charge in [0.25, 0.3) is 0 Å². The molecule has 194 valence electrons. The Morgan fingerprint density at radius 1 is 0.853 bits per heavy atom. The highest BCUT2D eigenvalue weighted by atomic mass is 32.2. The summed E-state index contributed by atoms with van der Waals surface area (Å²) in [6, 6.07) is -4.85. The molecule has 13 nitrogen and oxygen atoms in total. The van der Waals surface area contributed by atoms with Gasteiger partial charge in [-0.1, -0.05) is 20.3 Å². The van der Waals surface area contributed by atoms with Gasteiger partial charge < -0.3 is 38.3 Å². The summed E-state index contributed by atoms with van der Waals surface area (Å²) < 4.78 is 0. The number of hydrogen-bond acceptors (Lipinski definition) is 8. The Morgan fingerprint density at radius 3 is 1.79 bits per heavy atom. The van der Waals surface area contributed by atoms with E-state index in [4.69, 9.17) is 17.2 Å². The van der Waals surface area contributed by atoms with Crippen LogP contribution in [0.15, 0.2) is 0 Å². The van der Waals surface area contributed by atoms with Gasteiger partial charge >= 0.3 is 5.97 Å². The van der Waals surface area contributed by atoms with E-state index in [1.165, 1.54) is 11.8 Å².